The maximum Gasteiger partial charge on any atom is 0.353 e. The second-order valence-corrected chi connectivity index (χ2v) is 6.08. The topological polar surface area (TPSA) is 87.4 Å². The van der Waals surface area contributed by atoms with Crippen molar-refractivity contribution in [2.75, 3.05) is 43.9 Å². The number of anilines is 2. The van der Waals surface area contributed by atoms with Crippen molar-refractivity contribution < 1.29 is 4.92 Å². The summed E-state index contributed by atoms with van der Waals surface area (Å²) in [5.74, 6) is 0.715. The van der Waals surface area contributed by atoms with Gasteiger partial charge in [0.15, 0.2) is 0 Å². The Labute approximate surface area is 137 Å². The van der Waals surface area contributed by atoms with E-state index in [2.05, 4.69) is 34.2 Å². The summed E-state index contributed by atoms with van der Waals surface area (Å²) in [6, 6.07) is 0.267. The van der Waals surface area contributed by atoms with E-state index in [4.69, 9.17) is 0 Å². The molecule has 128 valence electrons. The van der Waals surface area contributed by atoms with Crippen LogP contribution in [0.3, 0.4) is 0 Å². The molecule has 2 rings (SSSR count). The zero-order valence-corrected chi connectivity index (χ0v) is 14.2. The lowest BCUT2D eigenvalue weighted by atomic mass is 10.0. The first-order valence-electron chi connectivity index (χ1n) is 8.19. The first-order valence-corrected chi connectivity index (χ1v) is 8.19. The van der Waals surface area contributed by atoms with E-state index in [0.717, 1.165) is 38.8 Å². The monoisotopic (exact) mass is 322 g/mol. The molecule has 1 aromatic heterocycles. The number of nitrogens with one attached hydrogen (secondary N) is 1. The molecule has 0 spiro atoms. The summed E-state index contributed by atoms with van der Waals surface area (Å²) in [5, 5.41) is 14.6. The van der Waals surface area contributed by atoms with Gasteiger partial charge in [-0.1, -0.05) is 13.3 Å². The maximum absolute atomic E-state index is 11.6. The minimum absolute atomic E-state index is 0.0231. The van der Waals surface area contributed by atoms with Gasteiger partial charge in [-0.3, -0.25) is 10.1 Å². The van der Waals surface area contributed by atoms with Gasteiger partial charge in [-0.05, 0) is 39.4 Å². The Balaban J connectivity index is 2.22. The van der Waals surface area contributed by atoms with Gasteiger partial charge >= 0.3 is 5.69 Å². The Morgan fingerprint density at radius 3 is 2.74 bits per heavy atom. The van der Waals surface area contributed by atoms with Gasteiger partial charge in [0.25, 0.3) is 0 Å². The molecule has 8 nitrogen and oxygen atoms in total. The minimum atomic E-state index is -0.380. The van der Waals surface area contributed by atoms with E-state index in [9.17, 15) is 10.1 Å². The molecule has 2 heterocycles. The van der Waals surface area contributed by atoms with Crippen molar-refractivity contribution in [3.63, 3.8) is 0 Å². The van der Waals surface area contributed by atoms with E-state index in [1.807, 2.05) is 11.9 Å². The Morgan fingerprint density at radius 2 is 2.13 bits per heavy atom. The number of piperidine rings is 1. The molecule has 0 bridgehead atoms. The summed E-state index contributed by atoms with van der Waals surface area (Å²) < 4.78 is 0. The molecule has 0 amide bonds. The minimum Gasteiger partial charge on any atom is -0.364 e. The Morgan fingerprint density at radius 1 is 1.43 bits per heavy atom. The second kappa shape index (κ2) is 8.05. The zero-order chi connectivity index (χ0) is 16.8. The summed E-state index contributed by atoms with van der Waals surface area (Å²) in [6.07, 6.45) is 5.33. The molecule has 0 radical (unpaired) electrons. The molecule has 0 aliphatic carbocycles. The van der Waals surface area contributed by atoms with Crippen molar-refractivity contribution in [3.8, 4) is 0 Å². The third-order valence-corrected chi connectivity index (χ3v) is 4.38. The normalized spacial score (nSPS) is 16.3. The Hall–Kier alpha value is -1.96. The average molecular weight is 322 g/mol. The van der Waals surface area contributed by atoms with Crippen molar-refractivity contribution in [3.05, 3.63) is 16.4 Å². The smallest absolute Gasteiger partial charge is 0.353 e. The van der Waals surface area contributed by atoms with Crippen LogP contribution >= 0.6 is 0 Å². The van der Waals surface area contributed by atoms with Crippen LogP contribution in [0.1, 0.15) is 32.6 Å². The molecule has 1 aliphatic rings. The Kier molecular flexibility index (Phi) is 6.09. The van der Waals surface area contributed by atoms with Crippen molar-refractivity contribution in [2.24, 2.45) is 0 Å². The van der Waals surface area contributed by atoms with Crippen LogP contribution < -0.4 is 10.2 Å². The third kappa shape index (κ3) is 4.28. The number of aromatic nitrogens is 2. The van der Waals surface area contributed by atoms with Gasteiger partial charge in [0, 0.05) is 19.6 Å². The summed E-state index contributed by atoms with van der Waals surface area (Å²) >= 11 is 0. The fourth-order valence-corrected chi connectivity index (χ4v) is 2.86. The van der Waals surface area contributed by atoms with Gasteiger partial charge < -0.3 is 15.1 Å². The van der Waals surface area contributed by atoms with E-state index in [1.165, 1.54) is 6.33 Å². The molecule has 0 atom stereocenters. The molecule has 1 saturated heterocycles. The van der Waals surface area contributed by atoms with E-state index >= 15 is 0 Å². The van der Waals surface area contributed by atoms with Crippen LogP contribution in [0, 0.1) is 10.1 Å². The van der Waals surface area contributed by atoms with E-state index < -0.39 is 0 Å². The highest BCUT2D eigenvalue weighted by Gasteiger charge is 2.30. The van der Waals surface area contributed by atoms with Gasteiger partial charge in [0.05, 0.1) is 4.92 Å². The van der Waals surface area contributed by atoms with Crippen molar-refractivity contribution >= 4 is 17.3 Å². The van der Waals surface area contributed by atoms with Crippen LogP contribution in [0.5, 0.6) is 0 Å². The number of nitro groups is 1. The van der Waals surface area contributed by atoms with Crippen molar-refractivity contribution in [2.45, 2.75) is 38.6 Å². The zero-order valence-electron chi connectivity index (χ0n) is 14.2. The van der Waals surface area contributed by atoms with Crippen LogP contribution in [0.4, 0.5) is 17.3 Å². The quantitative estimate of drug-likeness (QED) is 0.467. The number of unbranched alkanes of at least 4 members (excludes halogenated alkanes) is 1. The highest BCUT2D eigenvalue weighted by Crippen LogP contribution is 2.33. The van der Waals surface area contributed by atoms with E-state index in [0.29, 0.717) is 18.2 Å². The fraction of sp³-hybridized carbons (Fsp3) is 0.733. The van der Waals surface area contributed by atoms with Gasteiger partial charge in [-0.2, -0.15) is 0 Å². The van der Waals surface area contributed by atoms with Crippen molar-refractivity contribution in [1.29, 1.82) is 0 Å². The first kappa shape index (κ1) is 17.4. The lowest BCUT2D eigenvalue weighted by Gasteiger charge is -2.35. The van der Waals surface area contributed by atoms with Crippen LogP contribution in [-0.4, -0.2) is 59.6 Å². The van der Waals surface area contributed by atoms with E-state index in [-0.39, 0.29) is 16.7 Å². The molecule has 1 aliphatic heterocycles. The van der Waals surface area contributed by atoms with Gasteiger partial charge in [0.2, 0.25) is 11.6 Å². The highest BCUT2D eigenvalue weighted by molar-refractivity contribution is 5.70. The molecule has 23 heavy (non-hydrogen) atoms. The third-order valence-electron chi connectivity index (χ3n) is 4.38. The lowest BCUT2D eigenvalue weighted by Crippen LogP contribution is -2.42. The van der Waals surface area contributed by atoms with Crippen LogP contribution in [0.25, 0.3) is 0 Å². The predicted molar refractivity (Wildman–Crippen MR) is 91.0 cm³/mol. The second-order valence-electron chi connectivity index (χ2n) is 6.08. The van der Waals surface area contributed by atoms with Gasteiger partial charge in [0.1, 0.15) is 6.33 Å². The van der Waals surface area contributed by atoms with Gasteiger partial charge in [-0.25, -0.2) is 9.97 Å². The molecule has 0 unspecified atom stereocenters. The van der Waals surface area contributed by atoms with Crippen LogP contribution in [-0.2, 0) is 0 Å². The SMILES string of the molecule is CCCCNc1ncnc(N(C)C2CCN(C)CC2)c1[N+](=O)[O-]. The molecular weight excluding hydrogens is 296 g/mol. The summed E-state index contributed by atoms with van der Waals surface area (Å²) in [7, 11) is 3.99. The molecule has 1 N–H and O–H groups in total. The molecule has 0 aromatic carbocycles. The largest absolute Gasteiger partial charge is 0.364 e. The van der Waals surface area contributed by atoms with Gasteiger partial charge in [-0.15, -0.1) is 0 Å². The first-order chi connectivity index (χ1) is 11.0. The summed E-state index contributed by atoms with van der Waals surface area (Å²) in [6.45, 7) is 4.74. The molecule has 0 saturated carbocycles. The lowest BCUT2D eigenvalue weighted by molar-refractivity contribution is -0.383. The number of rotatable bonds is 7. The average Bonchev–Trinajstić information content (AvgIpc) is 2.54. The number of hydrogen-bond acceptors (Lipinski definition) is 7. The molecular formula is C15H26N6O2. The maximum atomic E-state index is 11.6. The molecule has 1 fully saturated rings. The molecule has 8 heteroatoms. The van der Waals surface area contributed by atoms with Crippen molar-refractivity contribution in [1.82, 2.24) is 14.9 Å². The molecule has 1 aromatic rings. The fourth-order valence-electron chi connectivity index (χ4n) is 2.86. The standard InChI is InChI=1S/C15H26N6O2/c1-4-5-8-16-14-13(21(22)23)15(18-11-17-14)20(3)12-6-9-19(2)10-7-12/h11-12H,4-10H2,1-3H3,(H,16,17,18). The summed E-state index contributed by atoms with van der Waals surface area (Å²) in [4.78, 5) is 23.7. The number of likely N-dealkylation sites (tertiary alicyclic amines) is 1. The van der Waals surface area contributed by atoms with Crippen LogP contribution in [0.15, 0.2) is 6.33 Å². The predicted octanol–water partition coefficient (Wildman–Crippen LogP) is 2.13. The summed E-state index contributed by atoms with van der Waals surface area (Å²) in [5.41, 5.74) is -0.0231. The number of hydrogen-bond donors (Lipinski definition) is 1. The van der Waals surface area contributed by atoms with E-state index in [1.54, 1.807) is 0 Å². The Bertz CT molecular complexity index is 531. The number of nitrogens with zero attached hydrogens (tertiary/aromatic N) is 5. The highest BCUT2D eigenvalue weighted by atomic mass is 16.6. The van der Waals surface area contributed by atoms with Crippen LogP contribution in [0.2, 0.25) is 0 Å².